The molecule has 0 spiro atoms. The number of piperidine rings is 1. The molecule has 33 heavy (non-hydrogen) atoms. The Labute approximate surface area is 193 Å². The molecule has 0 atom stereocenters. The van der Waals surface area contributed by atoms with Gasteiger partial charge in [-0.05, 0) is 73.7 Å². The number of hydrogen-bond acceptors (Lipinski definition) is 4. The Kier molecular flexibility index (Phi) is 6.24. The molecule has 0 aliphatic carbocycles. The van der Waals surface area contributed by atoms with E-state index in [1.54, 1.807) is 31.9 Å². The van der Waals surface area contributed by atoms with Crippen molar-refractivity contribution in [1.82, 2.24) is 24.6 Å². The van der Waals surface area contributed by atoms with Crippen LogP contribution in [0.15, 0.2) is 61.3 Å². The highest BCUT2D eigenvalue weighted by Crippen LogP contribution is 2.30. The average molecular weight is 448 g/mol. The van der Waals surface area contributed by atoms with Crippen LogP contribution in [0.5, 0.6) is 0 Å². The number of benzene rings is 2. The van der Waals surface area contributed by atoms with Crippen LogP contribution in [0.1, 0.15) is 30.4 Å². The predicted molar refractivity (Wildman–Crippen MR) is 127 cm³/mol. The molecule has 0 amide bonds. The quantitative estimate of drug-likeness (QED) is 0.431. The number of likely N-dealkylation sites (tertiary alicyclic amines) is 1. The molecule has 3 heterocycles. The molecule has 1 saturated heterocycles. The second-order valence-corrected chi connectivity index (χ2v) is 9.05. The molecular formula is C26H30FN5O. The molecule has 172 valence electrons. The van der Waals surface area contributed by atoms with E-state index >= 15 is 0 Å². The highest BCUT2D eigenvalue weighted by Gasteiger charge is 2.34. The summed E-state index contributed by atoms with van der Waals surface area (Å²) in [6.45, 7) is 3.08. The normalized spacial score (nSPS) is 16.4. The number of aryl methyl sites for hydroxylation is 1. The van der Waals surface area contributed by atoms with Gasteiger partial charge in [-0.15, -0.1) is 10.2 Å². The van der Waals surface area contributed by atoms with Crippen LogP contribution in [0.25, 0.3) is 16.6 Å². The van der Waals surface area contributed by atoms with Crippen molar-refractivity contribution in [2.75, 3.05) is 26.7 Å². The van der Waals surface area contributed by atoms with Crippen LogP contribution < -0.4 is 0 Å². The number of aromatic amines is 1. The number of methoxy groups -OCH3 is 1. The fraction of sp³-hybridized carbons (Fsp3) is 0.385. The van der Waals surface area contributed by atoms with Gasteiger partial charge in [0.05, 0.1) is 5.60 Å². The van der Waals surface area contributed by atoms with Crippen LogP contribution >= 0.6 is 0 Å². The number of nitrogens with zero attached hydrogens (tertiary/aromatic N) is 4. The summed E-state index contributed by atoms with van der Waals surface area (Å²) < 4.78 is 21.5. The number of nitrogens with one attached hydrogen (secondary N) is 1. The number of fused-ring (bicyclic) bond motifs is 1. The Morgan fingerprint density at radius 2 is 1.91 bits per heavy atom. The summed E-state index contributed by atoms with van der Waals surface area (Å²) in [6, 6.07) is 13.3. The van der Waals surface area contributed by atoms with E-state index in [0.717, 1.165) is 68.5 Å². The van der Waals surface area contributed by atoms with Crippen molar-refractivity contribution in [3.05, 3.63) is 78.3 Å². The summed E-state index contributed by atoms with van der Waals surface area (Å²) in [5, 5.41) is 9.07. The number of H-pyrrole nitrogens is 1. The standard InChI is InChI=1S/C26H30FN5O/c1-33-26(16-20-4-2-6-22(27)14-20)9-12-31(13-10-26)11-3-5-21-17-28-25-8-7-23(15-24(21)25)32-18-29-30-19-32/h2,4,6-8,14-15,17-19,28H,3,5,9-13,16H2,1H3. The lowest BCUT2D eigenvalue weighted by molar-refractivity contribution is -0.0565. The van der Waals surface area contributed by atoms with Gasteiger partial charge >= 0.3 is 0 Å². The number of aromatic nitrogens is 4. The van der Waals surface area contributed by atoms with E-state index in [9.17, 15) is 4.39 Å². The van der Waals surface area contributed by atoms with Crippen LogP contribution in [0.4, 0.5) is 4.39 Å². The number of rotatable bonds is 8. The van der Waals surface area contributed by atoms with E-state index < -0.39 is 0 Å². The zero-order chi connectivity index (χ0) is 22.7. The van der Waals surface area contributed by atoms with E-state index in [4.69, 9.17) is 4.74 Å². The lowest BCUT2D eigenvalue weighted by atomic mass is 9.85. The zero-order valence-electron chi connectivity index (χ0n) is 19.0. The number of ether oxygens (including phenoxy) is 1. The Hall–Kier alpha value is -3.03. The van der Waals surface area contributed by atoms with Crippen LogP contribution in [-0.4, -0.2) is 57.0 Å². The molecule has 4 aromatic rings. The lowest BCUT2D eigenvalue weighted by Crippen LogP contribution is -2.47. The van der Waals surface area contributed by atoms with E-state index in [1.807, 2.05) is 10.6 Å². The van der Waals surface area contributed by atoms with Crippen molar-refractivity contribution < 1.29 is 9.13 Å². The van der Waals surface area contributed by atoms with Crippen LogP contribution in [0.2, 0.25) is 0 Å². The molecule has 2 aromatic carbocycles. The number of hydrogen-bond donors (Lipinski definition) is 1. The van der Waals surface area contributed by atoms with Crippen molar-refractivity contribution in [3.8, 4) is 5.69 Å². The lowest BCUT2D eigenvalue weighted by Gasteiger charge is -2.41. The SMILES string of the molecule is COC1(Cc2cccc(F)c2)CCN(CCCc2c[nH]c3ccc(-n4cnnc4)cc23)CC1. The van der Waals surface area contributed by atoms with Crippen LogP contribution in [0.3, 0.4) is 0 Å². The van der Waals surface area contributed by atoms with Crippen molar-refractivity contribution >= 4 is 10.9 Å². The third-order valence-corrected chi connectivity index (χ3v) is 7.00. The highest BCUT2D eigenvalue weighted by molar-refractivity contribution is 5.85. The van der Waals surface area contributed by atoms with Gasteiger partial charge in [-0.3, -0.25) is 4.57 Å². The summed E-state index contributed by atoms with van der Waals surface area (Å²) in [6.07, 6.45) is 10.4. The summed E-state index contributed by atoms with van der Waals surface area (Å²) in [7, 11) is 1.79. The highest BCUT2D eigenvalue weighted by atomic mass is 19.1. The van der Waals surface area contributed by atoms with Gasteiger partial charge in [0.2, 0.25) is 0 Å². The van der Waals surface area contributed by atoms with Crippen molar-refractivity contribution in [1.29, 1.82) is 0 Å². The summed E-state index contributed by atoms with van der Waals surface area (Å²) in [5.74, 6) is -0.178. The predicted octanol–water partition coefficient (Wildman–Crippen LogP) is 4.54. The molecule has 1 fully saturated rings. The molecule has 0 bridgehead atoms. The smallest absolute Gasteiger partial charge is 0.123 e. The van der Waals surface area contributed by atoms with E-state index in [1.165, 1.54) is 17.0 Å². The third kappa shape index (κ3) is 4.84. The van der Waals surface area contributed by atoms with Crippen molar-refractivity contribution in [2.45, 2.75) is 37.7 Å². The summed E-state index contributed by atoms with van der Waals surface area (Å²) in [5.41, 5.74) is 4.38. The topological polar surface area (TPSA) is 59.0 Å². The molecule has 1 aliphatic heterocycles. The van der Waals surface area contributed by atoms with Gasteiger partial charge in [-0.1, -0.05) is 12.1 Å². The molecule has 6 nitrogen and oxygen atoms in total. The zero-order valence-corrected chi connectivity index (χ0v) is 19.0. The number of halogens is 1. The minimum Gasteiger partial charge on any atom is -0.378 e. The van der Waals surface area contributed by atoms with Gasteiger partial charge in [-0.25, -0.2) is 4.39 Å². The molecule has 1 N–H and O–H groups in total. The molecule has 5 rings (SSSR count). The van der Waals surface area contributed by atoms with E-state index in [0.29, 0.717) is 0 Å². The average Bonchev–Trinajstić information content (AvgIpc) is 3.51. The second kappa shape index (κ2) is 9.45. The Bertz CT molecular complexity index is 1190. The maximum Gasteiger partial charge on any atom is 0.123 e. The molecular weight excluding hydrogens is 417 g/mol. The summed E-state index contributed by atoms with van der Waals surface area (Å²) in [4.78, 5) is 5.93. The van der Waals surface area contributed by atoms with Crippen LogP contribution in [-0.2, 0) is 17.6 Å². The maximum atomic E-state index is 13.6. The first kappa shape index (κ1) is 21.8. The van der Waals surface area contributed by atoms with E-state index in [-0.39, 0.29) is 11.4 Å². The molecule has 1 aliphatic rings. The van der Waals surface area contributed by atoms with Gasteiger partial charge in [0.25, 0.3) is 0 Å². The fourth-order valence-corrected chi connectivity index (χ4v) is 5.02. The monoisotopic (exact) mass is 447 g/mol. The minimum absolute atomic E-state index is 0.178. The van der Waals surface area contributed by atoms with Crippen LogP contribution in [0, 0.1) is 5.82 Å². The van der Waals surface area contributed by atoms with Gasteiger partial charge in [0, 0.05) is 49.4 Å². The van der Waals surface area contributed by atoms with Gasteiger partial charge in [-0.2, -0.15) is 0 Å². The van der Waals surface area contributed by atoms with Gasteiger partial charge in [0.15, 0.2) is 0 Å². The van der Waals surface area contributed by atoms with Gasteiger partial charge in [0.1, 0.15) is 18.5 Å². The molecule has 0 saturated carbocycles. The summed E-state index contributed by atoms with van der Waals surface area (Å²) >= 11 is 0. The minimum atomic E-state index is -0.195. The first-order valence-electron chi connectivity index (χ1n) is 11.6. The first-order chi connectivity index (χ1) is 16.1. The molecule has 7 heteroatoms. The third-order valence-electron chi connectivity index (χ3n) is 7.00. The molecule has 0 radical (unpaired) electrons. The maximum absolute atomic E-state index is 13.6. The Balaban J connectivity index is 1.16. The first-order valence-corrected chi connectivity index (χ1v) is 11.6. The largest absolute Gasteiger partial charge is 0.378 e. The Morgan fingerprint density at radius 1 is 1.09 bits per heavy atom. The van der Waals surface area contributed by atoms with Crippen molar-refractivity contribution in [2.24, 2.45) is 0 Å². The van der Waals surface area contributed by atoms with E-state index in [2.05, 4.69) is 44.5 Å². The second-order valence-electron chi connectivity index (χ2n) is 9.05. The van der Waals surface area contributed by atoms with Crippen molar-refractivity contribution in [3.63, 3.8) is 0 Å². The van der Waals surface area contributed by atoms with Gasteiger partial charge < -0.3 is 14.6 Å². The Morgan fingerprint density at radius 3 is 2.67 bits per heavy atom. The fourth-order valence-electron chi connectivity index (χ4n) is 5.02. The molecule has 0 unspecified atom stereocenters. The molecule has 2 aromatic heterocycles.